The van der Waals surface area contributed by atoms with Crippen LogP contribution in [0.4, 0.5) is 24.8 Å². The van der Waals surface area contributed by atoms with Crippen LogP contribution in [0.15, 0.2) is 30.5 Å². The molecular weight excluding hydrogens is 347 g/mol. The first-order chi connectivity index (χ1) is 12.4. The van der Waals surface area contributed by atoms with E-state index in [1.54, 1.807) is 36.2 Å². The van der Waals surface area contributed by atoms with Crippen LogP contribution in [0, 0.1) is 0 Å². The third kappa shape index (κ3) is 4.77. The number of methoxy groups -OCH3 is 1. The summed E-state index contributed by atoms with van der Waals surface area (Å²) < 4.78 is 50.2. The topological polar surface area (TPSA) is 47.5 Å². The van der Waals surface area contributed by atoms with E-state index in [1.807, 2.05) is 6.92 Å². The van der Waals surface area contributed by atoms with Crippen molar-refractivity contribution in [3.8, 4) is 11.6 Å². The summed E-state index contributed by atoms with van der Waals surface area (Å²) in [5.74, 6) is 0.192. The Labute approximate surface area is 150 Å². The summed E-state index contributed by atoms with van der Waals surface area (Å²) in [5.41, 5.74) is -0.349. The molecule has 0 aliphatic rings. The average molecular weight is 369 g/mol. The van der Waals surface area contributed by atoms with Gasteiger partial charge < -0.3 is 14.4 Å². The average Bonchev–Trinajstić information content (AvgIpc) is 2.63. The number of halogens is 3. The quantitative estimate of drug-likeness (QED) is 0.623. The van der Waals surface area contributed by atoms with Gasteiger partial charge in [-0.15, -0.1) is 0 Å². The van der Waals surface area contributed by atoms with Gasteiger partial charge >= 0.3 is 6.18 Å². The van der Waals surface area contributed by atoms with Crippen molar-refractivity contribution in [1.29, 1.82) is 0 Å². The highest BCUT2D eigenvalue weighted by molar-refractivity contribution is 5.64. The van der Waals surface area contributed by atoms with Crippen molar-refractivity contribution in [3.63, 3.8) is 0 Å². The number of rotatable bonds is 8. The lowest BCUT2D eigenvalue weighted by molar-refractivity contribution is -0.139. The number of benzene rings is 1. The maximum atomic E-state index is 13.2. The third-order valence-electron chi connectivity index (χ3n) is 3.78. The van der Waals surface area contributed by atoms with Gasteiger partial charge in [0.2, 0.25) is 11.8 Å². The molecule has 0 fully saturated rings. The molecule has 0 unspecified atom stereocenters. The van der Waals surface area contributed by atoms with Crippen LogP contribution in [0.25, 0.3) is 0 Å². The number of aromatic nitrogens is 2. The number of para-hydroxylation sites is 2. The molecule has 0 saturated carbocycles. The van der Waals surface area contributed by atoms with E-state index in [2.05, 4.69) is 9.97 Å². The number of hydrogen-bond donors (Lipinski definition) is 0. The Morgan fingerprint density at radius 1 is 1.15 bits per heavy atom. The van der Waals surface area contributed by atoms with Gasteiger partial charge in [-0.05, 0) is 18.6 Å². The van der Waals surface area contributed by atoms with Gasteiger partial charge in [-0.3, -0.25) is 0 Å². The highest BCUT2D eigenvalue weighted by Gasteiger charge is 2.36. The summed E-state index contributed by atoms with van der Waals surface area (Å²) in [4.78, 5) is 9.42. The van der Waals surface area contributed by atoms with Gasteiger partial charge in [-0.25, -0.2) is 4.98 Å². The maximum Gasteiger partial charge on any atom is 0.423 e. The molecule has 1 aromatic heterocycles. The van der Waals surface area contributed by atoms with Gasteiger partial charge in [-0.2, -0.15) is 18.2 Å². The lowest BCUT2D eigenvalue weighted by Gasteiger charge is -2.21. The molecule has 0 aliphatic heterocycles. The summed E-state index contributed by atoms with van der Waals surface area (Å²) in [5, 5.41) is 0. The molecular formula is C18H22F3N3O2. The number of anilines is 2. The minimum atomic E-state index is -4.58. The van der Waals surface area contributed by atoms with Gasteiger partial charge in [-0.1, -0.05) is 31.9 Å². The van der Waals surface area contributed by atoms with E-state index in [-0.39, 0.29) is 12.6 Å². The molecule has 142 valence electrons. The molecule has 0 atom stereocenters. The van der Waals surface area contributed by atoms with E-state index in [4.69, 9.17) is 9.47 Å². The number of nitrogens with zero attached hydrogens (tertiary/aromatic N) is 3. The van der Waals surface area contributed by atoms with Crippen LogP contribution in [-0.2, 0) is 6.18 Å². The lowest BCUT2D eigenvalue weighted by atomic mass is 10.2. The Balaban J connectivity index is 2.34. The predicted molar refractivity (Wildman–Crippen MR) is 93.1 cm³/mol. The molecule has 0 bridgehead atoms. The summed E-state index contributed by atoms with van der Waals surface area (Å²) >= 11 is 0. The highest BCUT2D eigenvalue weighted by atomic mass is 19.4. The summed E-state index contributed by atoms with van der Waals surface area (Å²) in [6, 6.07) is 7.10. The normalized spacial score (nSPS) is 11.3. The van der Waals surface area contributed by atoms with Crippen LogP contribution in [0.5, 0.6) is 11.6 Å². The second kappa shape index (κ2) is 8.73. The molecule has 1 heterocycles. The molecule has 0 aliphatic carbocycles. The molecule has 2 aromatic rings. The Hall–Kier alpha value is -2.51. The number of hydrogen-bond acceptors (Lipinski definition) is 5. The zero-order valence-corrected chi connectivity index (χ0v) is 15.0. The van der Waals surface area contributed by atoms with Gasteiger partial charge in [0.25, 0.3) is 0 Å². The van der Waals surface area contributed by atoms with Crippen LogP contribution >= 0.6 is 0 Å². The number of ether oxygens (including phenoxy) is 2. The van der Waals surface area contributed by atoms with Crippen molar-refractivity contribution >= 4 is 11.6 Å². The van der Waals surface area contributed by atoms with Crippen molar-refractivity contribution in [2.75, 3.05) is 25.7 Å². The molecule has 26 heavy (non-hydrogen) atoms. The van der Waals surface area contributed by atoms with Gasteiger partial charge in [0.15, 0.2) is 0 Å². The smallest absolute Gasteiger partial charge is 0.423 e. The molecule has 0 saturated heterocycles. The molecule has 0 radical (unpaired) electrons. The minimum Gasteiger partial charge on any atom is -0.495 e. The van der Waals surface area contributed by atoms with Crippen molar-refractivity contribution < 1.29 is 22.6 Å². The van der Waals surface area contributed by atoms with E-state index in [0.29, 0.717) is 17.9 Å². The summed E-state index contributed by atoms with van der Waals surface area (Å²) in [6.45, 7) is 2.18. The van der Waals surface area contributed by atoms with Gasteiger partial charge in [0, 0.05) is 13.2 Å². The lowest BCUT2D eigenvalue weighted by Crippen LogP contribution is -2.18. The fourth-order valence-electron chi connectivity index (χ4n) is 2.36. The number of alkyl halides is 3. The van der Waals surface area contributed by atoms with Crippen LogP contribution in [-0.4, -0.2) is 30.7 Å². The Kier molecular flexibility index (Phi) is 6.65. The van der Waals surface area contributed by atoms with Crippen molar-refractivity contribution in [2.45, 2.75) is 32.4 Å². The third-order valence-corrected chi connectivity index (χ3v) is 3.78. The fraction of sp³-hybridized carbons (Fsp3) is 0.444. The molecule has 0 spiro atoms. The fourth-order valence-corrected chi connectivity index (χ4v) is 2.36. The Bertz CT molecular complexity index is 723. The van der Waals surface area contributed by atoms with E-state index in [9.17, 15) is 13.2 Å². The van der Waals surface area contributed by atoms with Crippen molar-refractivity contribution in [3.05, 3.63) is 36.0 Å². The highest BCUT2D eigenvalue weighted by Crippen LogP contribution is 2.37. The first kappa shape index (κ1) is 19.8. The van der Waals surface area contributed by atoms with Gasteiger partial charge in [0.1, 0.15) is 11.3 Å². The molecule has 1 aromatic carbocycles. The minimum absolute atomic E-state index is 0.0907. The summed E-state index contributed by atoms with van der Waals surface area (Å²) in [7, 11) is 3.17. The Morgan fingerprint density at radius 2 is 1.88 bits per heavy atom. The van der Waals surface area contributed by atoms with E-state index >= 15 is 0 Å². The second-order valence-corrected chi connectivity index (χ2v) is 5.67. The monoisotopic (exact) mass is 369 g/mol. The molecule has 8 heteroatoms. The van der Waals surface area contributed by atoms with E-state index < -0.39 is 17.6 Å². The zero-order valence-electron chi connectivity index (χ0n) is 15.0. The molecule has 5 nitrogen and oxygen atoms in total. The molecule has 2 rings (SSSR count). The van der Waals surface area contributed by atoms with Crippen molar-refractivity contribution in [2.24, 2.45) is 0 Å². The van der Waals surface area contributed by atoms with Crippen LogP contribution in [0.3, 0.4) is 0 Å². The van der Waals surface area contributed by atoms with Crippen LogP contribution in [0.1, 0.15) is 31.7 Å². The second-order valence-electron chi connectivity index (χ2n) is 5.67. The van der Waals surface area contributed by atoms with Crippen LogP contribution < -0.4 is 14.4 Å². The largest absolute Gasteiger partial charge is 0.495 e. The number of unbranched alkanes of at least 4 members (excludes halogenated alkanes) is 2. The van der Waals surface area contributed by atoms with E-state index in [1.165, 1.54) is 7.11 Å². The zero-order chi connectivity index (χ0) is 19.2. The van der Waals surface area contributed by atoms with Crippen molar-refractivity contribution in [1.82, 2.24) is 9.97 Å². The van der Waals surface area contributed by atoms with Gasteiger partial charge in [0.05, 0.1) is 19.4 Å². The molecule has 0 amide bonds. The standard InChI is InChI=1S/C18H22F3N3O2/c1-4-5-8-11-26-16-13(18(19,20)21)12-22-17(23-16)24(2)14-9-6-7-10-15(14)25-3/h6-7,9-10,12H,4-5,8,11H2,1-3H3. The maximum absolute atomic E-state index is 13.2. The Morgan fingerprint density at radius 3 is 2.54 bits per heavy atom. The van der Waals surface area contributed by atoms with Crippen LogP contribution in [0.2, 0.25) is 0 Å². The SMILES string of the molecule is CCCCCOc1nc(N(C)c2ccccc2OC)ncc1C(F)(F)F. The summed E-state index contributed by atoms with van der Waals surface area (Å²) in [6.07, 6.45) is -1.35. The first-order valence-electron chi connectivity index (χ1n) is 8.32. The van der Waals surface area contributed by atoms with E-state index in [0.717, 1.165) is 19.0 Å². The first-order valence-corrected chi connectivity index (χ1v) is 8.32. The molecule has 0 N–H and O–H groups in total. The predicted octanol–water partition coefficient (Wildman–Crippen LogP) is 4.84.